The Morgan fingerprint density at radius 3 is 0.944 bits per heavy atom. The Morgan fingerprint density at radius 1 is 0.324 bits per heavy atom. The third-order valence-electron chi connectivity index (χ3n) is 24.7. The molecule has 9 aromatic carbocycles. The van der Waals surface area contributed by atoms with Crippen LogP contribution in [0.5, 0.6) is 0 Å². The second-order valence-corrected chi connectivity index (χ2v) is 35.6. The van der Waals surface area contributed by atoms with Crippen molar-refractivity contribution in [2.45, 2.75) is 184 Å². The molecule has 1 aliphatic heterocycles. The third-order valence-corrected chi connectivity index (χ3v) is 24.7. The molecule has 4 amide bonds. The number of benzene rings is 9. The summed E-state index contributed by atoms with van der Waals surface area (Å²) in [5.74, 6) is 3.68. The molecule has 1 saturated heterocycles. The van der Waals surface area contributed by atoms with Crippen LogP contribution < -0.4 is 19.6 Å². The van der Waals surface area contributed by atoms with Crippen molar-refractivity contribution in [3.8, 4) is 0 Å². The molecule has 752 valence electrons. The number of halogens is 12. The van der Waals surface area contributed by atoms with E-state index in [1.807, 2.05) is 172 Å². The summed E-state index contributed by atoms with van der Waals surface area (Å²) in [5.41, 5.74) is 8.27. The summed E-state index contributed by atoms with van der Waals surface area (Å²) in [6, 6.07) is 64.4. The van der Waals surface area contributed by atoms with E-state index < -0.39 is 71.3 Å². The van der Waals surface area contributed by atoms with Gasteiger partial charge in [0.15, 0.2) is 0 Å². The van der Waals surface area contributed by atoms with Crippen LogP contribution in [0.2, 0.25) is 0 Å². The number of fused-ring (bicyclic) bond motifs is 4. The lowest BCUT2D eigenvalue weighted by Gasteiger charge is -2.30. The van der Waals surface area contributed by atoms with E-state index in [-0.39, 0.29) is 59.0 Å². The topological polar surface area (TPSA) is 183 Å². The number of alkyl halides is 12. The molecule has 15 rings (SSSR count). The third kappa shape index (κ3) is 28.9. The first-order valence-corrected chi connectivity index (χ1v) is 47.5. The van der Waals surface area contributed by atoms with Crippen molar-refractivity contribution in [1.82, 2.24) is 39.5 Å². The zero-order valence-electron chi connectivity index (χ0n) is 81.9. The number of anilines is 4. The highest BCUT2D eigenvalue weighted by Gasteiger charge is 2.37. The Labute approximate surface area is 820 Å². The van der Waals surface area contributed by atoms with Gasteiger partial charge in [-0.2, -0.15) is 52.7 Å². The second-order valence-electron chi connectivity index (χ2n) is 35.6. The first-order valence-electron chi connectivity index (χ1n) is 47.5. The van der Waals surface area contributed by atoms with Gasteiger partial charge in [0.25, 0.3) is 0 Å². The average molecular weight is 1970 g/mol. The van der Waals surface area contributed by atoms with E-state index in [4.69, 9.17) is 38.9 Å². The highest BCUT2D eigenvalue weighted by Crippen LogP contribution is 2.40. The maximum atomic E-state index is 13.5. The molecule has 0 radical (unpaired) electrons. The summed E-state index contributed by atoms with van der Waals surface area (Å²) in [5, 5.41) is 3.71. The van der Waals surface area contributed by atoms with E-state index in [0.29, 0.717) is 63.5 Å². The minimum Gasteiger partial charge on any atom is -0.453 e. The Balaban J connectivity index is 0.000000169. The monoisotopic (exact) mass is 1960 g/mol. The molecule has 1 saturated carbocycles. The van der Waals surface area contributed by atoms with Crippen molar-refractivity contribution < 1.29 is 90.8 Å². The van der Waals surface area contributed by atoms with Gasteiger partial charge in [-0.05, 0) is 219 Å². The van der Waals surface area contributed by atoms with Crippen molar-refractivity contribution in [1.29, 1.82) is 0 Å². The summed E-state index contributed by atoms with van der Waals surface area (Å²) in [6.45, 7) is 23.1. The van der Waals surface area contributed by atoms with E-state index in [1.54, 1.807) is 58.9 Å². The fourth-order valence-corrected chi connectivity index (χ4v) is 18.1. The molecule has 5 heterocycles. The summed E-state index contributed by atoms with van der Waals surface area (Å²) in [6.07, 6.45) is -13.3. The van der Waals surface area contributed by atoms with Crippen LogP contribution in [0.15, 0.2) is 224 Å². The van der Waals surface area contributed by atoms with Crippen LogP contribution in [-0.2, 0) is 103 Å². The molecule has 142 heavy (non-hydrogen) atoms. The zero-order valence-corrected chi connectivity index (χ0v) is 81.9. The smallest absolute Gasteiger partial charge is 0.416 e. The molecule has 0 spiro atoms. The second kappa shape index (κ2) is 48.5. The van der Waals surface area contributed by atoms with Gasteiger partial charge in [-0.3, -0.25) is 19.6 Å². The minimum atomic E-state index is -4.48. The van der Waals surface area contributed by atoms with Crippen molar-refractivity contribution in [3.63, 3.8) is 0 Å². The quantitative estimate of drug-likeness (QED) is 0.0318. The fourth-order valence-electron chi connectivity index (χ4n) is 18.1. The zero-order chi connectivity index (χ0) is 102. The van der Waals surface area contributed by atoms with Gasteiger partial charge in [0.2, 0.25) is 0 Å². The number of rotatable bonds is 29. The van der Waals surface area contributed by atoms with E-state index in [2.05, 4.69) is 26.5 Å². The summed E-state index contributed by atoms with van der Waals surface area (Å²) < 4.78 is 181. The number of carbonyl (C=O) groups is 4. The molecule has 0 unspecified atom stereocenters. The molecule has 20 nitrogen and oxygen atoms in total. The van der Waals surface area contributed by atoms with Crippen molar-refractivity contribution >= 4 is 91.3 Å². The SMILES string of the molecule is CCN(CC)c1nc2ccccc2cc1CN(Cc1cc(C)cc(C(F)(F)F)c1)C(=O)OC.CCN(CC1CCCC1)c1nc2ccccc2cc1CN(Cc1cc(C)cc(C(F)(F)F)c1)C(=O)OC.CCOC(=O)N(Cc1cc(C)cc(C(F)(F)F)c1)Cc1cc2ccccc2nc1N(CC)Cc1ccccc1.COC(=O)N(Cc1cc(C)cc(C(F)(F)F)c1)Cc1cc2ccccc2nc1N1CCCC1. The number of aromatic nitrogens is 4. The van der Waals surface area contributed by atoms with Gasteiger partial charge in [-0.1, -0.05) is 162 Å². The molecule has 2 aliphatic rings. The number of pyridine rings is 4. The minimum absolute atomic E-state index is 0.0102. The molecule has 1 aliphatic carbocycles. The fraction of sp³-hybridized carbons (Fsp3) is 0.364. The molecule has 2 fully saturated rings. The largest absolute Gasteiger partial charge is 0.453 e. The van der Waals surface area contributed by atoms with Crippen LogP contribution in [0.3, 0.4) is 0 Å². The van der Waals surface area contributed by atoms with E-state index in [1.165, 1.54) is 66.6 Å². The number of ether oxygens (including phenoxy) is 4. The molecule has 0 N–H and O–H groups in total. The maximum absolute atomic E-state index is 13.5. The Hall–Kier alpha value is -13.9. The number of hydrogen-bond acceptors (Lipinski definition) is 16. The Bertz CT molecular complexity index is 6320. The van der Waals surface area contributed by atoms with Gasteiger partial charge in [0.05, 0.1) is 98.4 Å². The number of methoxy groups -OCH3 is 3. The standard InChI is InChI=1S/C31H32F3N3O2.C29H34F3N3O2.C25H26F3N3O2.C25H28F3N3O2/c1-4-36(19-23-11-7-6-8-12-23)29-26(18-25-13-9-10-14-28(25)35-29)21-37(30(38)39-5-2)20-24-15-22(3)16-27(17-24)31(32,33)34;1-4-34(17-21-9-5-6-10-21)27-24(16-23-11-7-8-12-26(23)33-27)19-35(28(36)37-3)18-22-13-20(2)14-25(15-22)29(30,31)32;1-17-11-18(13-21(12-17)25(26,27)28)15-31(24(32)33-2)16-20-14-19-7-3-4-8-22(19)29-23(20)30-9-5-6-10-30;1-5-30(6-2)23-20(14-19-9-7-8-10-22(19)29-23)16-31(24(32)33-4)15-18-11-17(3)12-21(13-18)25(26,27)28/h6-18H,4-5,19-21H2,1-3H3;7-8,11-16,21H,4-6,9-10,17-19H2,1-3H3;3-4,7-8,11-14H,5-6,9-10,15-16H2,1-2H3;7-14H,5-6,15-16H2,1-4H3. The number of hydrogen-bond donors (Lipinski definition) is 0. The normalized spacial score (nSPS) is 12.8. The predicted octanol–water partition coefficient (Wildman–Crippen LogP) is 27.2. The first-order chi connectivity index (χ1) is 67.7. The lowest BCUT2D eigenvalue weighted by molar-refractivity contribution is -0.138. The summed E-state index contributed by atoms with van der Waals surface area (Å²) in [7, 11) is 3.81. The Morgan fingerprint density at radius 2 is 0.620 bits per heavy atom. The van der Waals surface area contributed by atoms with Crippen molar-refractivity contribution in [2.24, 2.45) is 5.92 Å². The predicted molar refractivity (Wildman–Crippen MR) is 531 cm³/mol. The lowest BCUT2D eigenvalue weighted by Crippen LogP contribution is -2.33. The maximum Gasteiger partial charge on any atom is 0.416 e. The van der Waals surface area contributed by atoms with Gasteiger partial charge >= 0.3 is 49.1 Å². The molecule has 13 aromatic rings. The molecule has 4 aromatic heterocycles. The van der Waals surface area contributed by atoms with E-state index in [0.717, 1.165) is 195 Å². The summed E-state index contributed by atoms with van der Waals surface area (Å²) in [4.78, 5) is 85.2. The number of amides is 4. The van der Waals surface area contributed by atoms with Gasteiger partial charge < -0.3 is 38.5 Å². The highest BCUT2D eigenvalue weighted by molar-refractivity contribution is 5.86. The molecular formula is C110H120F12N12O8. The van der Waals surface area contributed by atoms with Gasteiger partial charge in [-0.15, -0.1) is 0 Å². The molecule has 0 bridgehead atoms. The average Bonchev–Trinajstić information content (AvgIpc) is 0.895. The van der Waals surface area contributed by atoms with Gasteiger partial charge in [0.1, 0.15) is 23.3 Å². The van der Waals surface area contributed by atoms with Crippen LogP contribution in [-0.4, -0.2) is 138 Å². The van der Waals surface area contributed by atoms with Crippen LogP contribution in [0.4, 0.5) is 95.1 Å². The highest BCUT2D eigenvalue weighted by atomic mass is 19.4. The molecule has 32 heteroatoms. The van der Waals surface area contributed by atoms with Gasteiger partial charge in [-0.25, -0.2) is 39.1 Å². The number of nitrogens with zero attached hydrogens (tertiary/aromatic N) is 12. The van der Waals surface area contributed by atoms with Crippen molar-refractivity contribution in [3.05, 3.63) is 319 Å². The first kappa shape index (κ1) is 107. The number of carbonyl (C=O) groups excluding carboxylic acids is 4. The van der Waals surface area contributed by atoms with Crippen LogP contribution >= 0.6 is 0 Å². The van der Waals surface area contributed by atoms with Crippen LogP contribution in [0, 0.1) is 33.6 Å². The number of para-hydroxylation sites is 4. The van der Waals surface area contributed by atoms with Gasteiger partial charge in [0, 0.05) is 122 Å². The molecule has 0 atom stereocenters. The lowest BCUT2D eigenvalue weighted by atomic mass is 10.0. The van der Waals surface area contributed by atoms with E-state index in [9.17, 15) is 71.9 Å². The van der Waals surface area contributed by atoms with Crippen molar-refractivity contribution in [2.75, 3.05) is 93.3 Å². The van der Waals surface area contributed by atoms with E-state index >= 15 is 0 Å². The van der Waals surface area contributed by atoms with Crippen LogP contribution in [0.25, 0.3) is 43.6 Å². The molecular weight excluding hydrogens is 1850 g/mol. The number of aryl methyl sites for hydroxylation is 4. The Kier molecular flexibility index (Phi) is 36.5. The van der Waals surface area contributed by atoms with Crippen LogP contribution in [0.1, 0.15) is 168 Å². The summed E-state index contributed by atoms with van der Waals surface area (Å²) >= 11 is 0.